The molecular weight excluding hydrogens is 598 g/mol. The van der Waals surface area contributed by atoms with E-state index in [1.807, 2.05) is 0 Å². The monoisotopic (exact) mass is 615 g/mol. The Morgan fingerprint density at radius 3 is 2.61 bits per heavy atom. The first kappa shape index (κ1) is 28.0. The van der Waals surface area contributed by atoms with Gasteiger partial charge in [-0.2, -0.15) is 9.36 Å². The zero-order chi connectivity index (χ0) is 29.1. The highest BCUT2D eigenvalue weighted by molar-refractivity contribution is 8.00. The zero-order valence-electron chi connectivity index (χ0n) is 20.6. The molecule has 2 amide bonds. The normalized spacial score (nSPS) is 18.1. The Hall–Kier alpha value is -4.54. The molecule has 0 bridgehead atoms. The fourth-order valence-electron chi connectivity index (χ4n) is 3.78. The second-order valence-corrected chi connectivity index (χ2v) is 10.8. The van der Waals surface area contributed by atoms with Gasteiger partial charge in [-0.1, -0.05) is 16.8 Å². The van der Waals surface area contributed by atoms with Crippen LogP contribution >= 0.6 is 34.9 Å². The molecule has 2 aliphatic heterocycles. The van der Waals surface area contributed by atoms with Crippen molar-refractivity contribution in [1.82, 2.24) is 19.6 Å². The van der Waals surface area contributed by atoms with Crippen molar-refractivity contribution < 1.29 is 28.9 Å². The number of ether oxygens (including phenoxy) is 1. The number of thioether (sulfide) groups is 1. The lowest BCUT2D eigenvalue weighted by molar-refractivity contribution is -0.384. The summed E-state index contributed by atoms with van der Waals surface area (Å²) in [6, 6.07) is 10.8. The minimum absolute atomic E-state index is 0.0417. The Morgan fingerprint density at radius 2 is 1.95 bits per heavy atom. The SMILES string of the molecule is Nc1nc(/C(=N/Oc2ccc(Cl)cc2)C(=O)NC2C(=O)N3C(C(=O)OCc4ccc([N+](=O)[O-])cc4)=CCS[C@H]23)ns1. The number of hydrogen-bond acceptors (Lipinski definition) is 13. The number of amides is 2. The van der Waals surface area contributed by atoms with E-state index >= 15 is 0 Å². The first-order valence-corrected chi connectivity index (χ1v) is 13.9. The number of rotatable bonds is 9. The van der Waals surface area contributed by atoms with Gasteiger partial charge >= 0.3 is 5.97 Å². The van der Waals surface area contributed by atoms with Crippen molar-refractivity contribution in [1.29, 1.82) is 0 Å². The van der Waals surface area contributed by atoms with Crippen LogP contribution < -0.4 is 15.9 Å². The van der Waals surface area contributed by atoms with Crippen molar-refractivity contribution in [3.63, 3.8) is 0 Å². The standard InChI is InChI=1S/C24H18ClN7O7S2/c25-13-3-7-15(8-4-13)39-29-17(19-28-24(26)41-30-19)20(33)27-18-21(34)31-16(9-10-40-22(18)31)23(35)38-11-12-1-5-14(6-2-12)32(36)37/h1-9,18,22H,10-11H2,(H,27,33)(H2,26,28,30)/b29-17-/t18?,22-/m1/s1. The highest BCUT2D eigenvalue weighted by Crippen LogP contribution is 2.38. The number of anilines is 1. The van der Waals surface area contributed by atoms with E-state index in [4.69, 9.17) is 26.9 Å². The van der Waals surface area contributed by atoms with Crippen molar-refractivity contribution in [2.24, 2.45) is 5.16 Å². The molecule has 5 rings (SSSR count). The molecule has 41 heavy (non-hydrogen) atoms. The highest BCUT2D eigenvalue weighted by Gasteiger charge is 2.53. The summed E-state index contributed by atoms with van der Waals surface area (Å²) in [6.45, 7) is -0.147. The molecule has 0 saturated carbocycles. The Balaban J connectivity index is 1.24. The number of carbonyl (C=O) groups is 3. The zero-order valence-corrected chi connectivity index (χ0v) is 23.0. The smallest absolute Gasteiger partial charge is 0.355 e. The van der Waals surface area contributed by atoms with Gasteiger partial charge in [-0.3, -0.25) is 24.6 Å². The van der Waals surface area contributed by atoms with E-state index in [2.05, 4.69) is 19.8 Å². The fraction of sp³-hybridized carbons (Fsp3) is 0.167. The van der Waals surface area contributed by atoms with Gasteiger partial charge in [-0.05, 0) is 48.0 Å². The third kappa shape index (κ3) is 6.13. The molecule has 17 heteroatoms. The Labute approximate surface area is 244 Å². The van der Waals surface area contributed by atoms with Crippen LogP contribution in [0.3, 0.4) is 0 Å². The molecule has 1 saturated heterocycles. The Kier molecular flexibility index (Phi) is 8.14. The van der Waals surface area contributed by atoms with Crippen molar-refractivity contribution in [3.05, 3.63) is 86.8 Å². The van der Waals surface area contributed by atoms with Gasteiger partial charge in [0.05, 0.1) is 4.92 Å². The number of aromatic nitrogens is 2. The number of benzene rings is 2. The van der Waals surface area contributed by atoms with Crippen molar-refractivity contribution >= 4 is 69.2 Å². The van der Waals surface area contributed by atoms with Crippen LogP contribution in [0.2, 0.25) is 5.02 Å². The number of hydrogen-bond donors (Lipinski definition) is 2. The number of nitrogens with two attached hydrogens (primary N) is 1. The van der Waals surface area contributed by atoms with Crippen molar-refractivity contribution in [3.8, 4) is 5.75 Å². The number of nitrogens with one attached hydrogen (secondary N) is 1. The van der Waals surface area contributed by atoms with E-state index < -0.39 is 34.1 Å². The molecule has 3 aromatic rings. The fourth-order valence-corrected chi connectivity index (χ4v) is 5.54. The average Bonchev–Trinajstić information content (AvgIpc) is 3.40. The molecule has 1 unspecified atom stereocenters. The number of nitro benzene ring substituents is 1. The van der Waals surface area contributed by atoms with E-state index in [1.54, 1.807) is 30.3 Å². The molecule has 2 aliphatic rings. The lowest BCUT2D eigenvalue weighted by Gasteiger charge is -2.48. The number of fused-ring (bicyclic) bond motifs is 1. The topological polar surface area (TPSA) is 192 Å². The lowest BCUT2D eigenvalue weighted by Crippen LogP contribution is -2.70. The third-order valence-corrected chi connectivity index (χ3v) is 7.76. The average molecular weight is 616 g/mol. The van der Waals surface area contributed by atoms with Crippen molar-refractivity contribution in [2.75, 3.05) is 11.5 Å². The summed E-state index contributed by atoms with van der Waals surface area (Å²) in [7, 11) is 0. The number of oxime groups is 1. The first-order chi connectivity index (χ1) is 19.7. The number of nitrogen functional groups attached to an aromatic ring is 1. The van der Waals surface area contributed by atoms with Crippen LogP contribution in [0.25, 0.3) is 0 Å². The maximum absolute atomic E-state index is 13.2. The van der Waals surface area contributed by atoms with Crippen LogP contribution in [-0.2, 0) is 25.7 Å². The molecule has 3 heterocycles. The maximum atomic E-state index is 13.2. The quantitative estimate of drug-likeness (QED) is 0.118. The van der Waals surface area contributed by atoms with E-state index in [0.29, 0.717) is 22.1 Å². The predicted octanol–water partition coefficient (Wildman–Crippen LogP) is 2.49. The Morgan fingerprint density at radius 1 is 1.22 bits per heavy atom. The highest BCUT2D eigenvalue weighted by atomic mass is 35.5. The lowest BCUT2D eigenvalue weighted by atomic mass is 10.0. The van der Waals surface area contributed by atoms with Crippen LogP contribution in [0.5, 0.6) is 5.75 Å². The van der Waals surface area contributed by atoms with Crippen LogP contribution in [0.4, 0.5) is 10.8 Å². The van der Waals surface area contributed by atoms with Gasteiger partial charge in [0.15, 0.2) is 10.9 Å². The molecule has 2 aromatic carbocycles. The summed E-state index contributed by atoms with van der Waals surface area (Å²) in [4.78, 5) is 59.9. The molecule has 2 atom stereocenters. The number of β-lactam (4-membered cyclic amide) rings is 1. The predicted molar refractivity (Wildman–Crippen MR) is 149 cm³/mol. The minimum atomic E-state index is -0.976. The summed E-state index contributed by atoms with van der Waals surface area (Å²) in [5.41, 5.74) is 5.86. The van der Waals surface area contributed by atoms with Crippen molar-refractivity contribution in [2.45, 2.75) is 18.0 Å². The molecule has 1 aromatic heterocycles. The Bertz CT molecular complexity index is 1580. The summed E-state index contributed by atoms with van der Waals surface area (Å²) in [5, 5.41) is 17.3. The minimum Gasteiger partial charge on any atom is -0.456 e. The number of carbonyl (C=O) groups excluding carboxylic acids is 3. The number of non-ortho nitro benzene ring substituents is 1. The number of nitrogens with zero attached hydrogens (tertiary/aromatic N) is 5. The van der Waals surface area contributed by atoms with Gasteiger partial charge in [0.1, 0.15) is 23.7 Å². The van der Waals surface area contributed by atoms with Crippen LogP contribution in [0.15, 0.2) is 65.5 Å². The molecule has 1 fully saturated rings. The third-order valence-electron chi connectivity index (χ3n) is 5.78. The molecule has 14 nitrogen and oxygen atoms in total. The summed E-state index contributed by atoms with van der Waals surface area (Å²) < 4.78 is 9.34. The number of halogens is 1. The molecule has 0 aliphatic carbocycles. The molecule has 210 valence electrons. The maximum Gasteiger partial charge on any atom is 0.355 e. The van der Waals surface area contributed by atoms with Gasteiger partial charge in [-0.25, -0.2) is 4.79 Å². The molecule has 3 N–H and O–H groups in total. The first-order valence-electron chi connectivity index (χ1n) is 11.7. The number of nitro groups is 1. The van der Waals surface area contributed by atoms with Crippen LogP contribution in [0, 0.1) is 10.1 Å². The van der Waals surface area contributed by atoms with Gasteiger partial charge < -0.3 is 20.6 Å². The van der Waals surface area contributed by atoms with Crippen LogP contribution in [0.1, 0.15) is 11.4 Å². The summed E-state index contributed by atoms with van der Waals surface area (Å²) in [5.74, 6) is -1.47. The van der Waals surface area contributed by atoms with Gasteiger partial charge in [0.25, 0.3) is 17.5 Å². The second-order valence-electron chi connectivity index (χ2n) is 8.41. The summed E-state index contributed by atoms with van der Waals surface area (Å²) in [6.07, 6.45) is 1.56. The van der Waals surface area contributed by atoms with E-state index in [-0.39, 0.29) is 34.7 Å². The molecular formula is C24H18ClN7O7S2. The van der Waals surface area contributed by atoms with Crippen LogP contribution in [-0.4, -0.2) is 59.8 Å². The molecule has 0 spiro atoms. The summed E-state index contributed by atoms with van der Waals surface area (Å²) >= 11 is 8.08. The van der Waals surface area contributed by atoms with E-state index in [1.165, 1.54) is 40.9 Å². The number of esters is 1. The van der Waals surface area contributed by atoms with Gasteiger partial charge in [-0.15, -0.1) is 11.8 Å². The molecule has 0 radical (unpaired) electrons. The van der Waals surface area contributed by atoms with E-state index in [0.717, 1.165) is 11.5 Å². The van der Waals surface area contributed by atoms with Gasteiger partial charge in [0, 0.05) is 34.4 Å². The van der Waals surface area contributed by atoms with Gasteiger partial charge in [0.2, 0.25) is 11.5 Å². The van der Waals surface area contributed by atoms with E-state index in [9.17, 15) is 24.5 Å². The largest absolute Gasteiger partial charge is 0.456 e. The second kappa shape index (κ2) is 11.9.